The number of methoxy groups -OCH3 is 2. The maximum atomic E-state index is 11.0. The molecule has 17 heavy (non-hydrogen) atoms. The summed E-state index contributed by atoms with van der Waals surface area (Å²) in [5.74, 6) is -0.971. The highest BCUT2D eigenvalue weighted by Gasteiger charge is 2.11. The first-order valence-corrected chi connectivity index (χ1v) is 4.74. The summed E-state index contributed by atoms with van der Waals surface area (Å²) in [4.78, 5) is 32.4. The smallest absolute Gasteiger partial charge is 0.332 e. The average molecular weight is 245 g/mol. The van der Waals surface area contributed by atoms with E-state index in [4.69, 9.17) is 5.73 Å². The third-order valence-corrected chi connectivity index (χ3v) is 1.75. The zero-order chi connectivity index (χ0) is 13.3. The van der Waals surface area contributed by atoms with E-state index in [2.05, 4.69) is 14.6 Å². The van der Waals surface area contributed by atoms with Crippen LogP contribution in [-0.4, -0.2) is 37.9 Å². The summed E-state index contributed by atoms with van der Waals surface area (Å²) >= 11 is 0. The van der Waals surface area contributed by atoms with E-state index in [1.807, 2.05) is 5.43 Å². The normalized spacial score (nSPS) is 10.6. The minimum absolute atomic E-state index is 0.0484. The molecule has 0 aliphatic rings. The summed E-state index contributed by atoms with van der Waals surface area (Å²) in [5, 5.41) is 3.60. The van der Waals surface area contributed by atoms with Crippen molar-refractivity contribution in [3.05, 3.63) is 0 Å². The van der Waals surface area contributed by atoms with Gasteiger partial charge in [-0.2, -0.15) is 5.10 Å². The number of amides is 2. The van der Waals surface area contributed by atoms with E-state index < -0.39 is 18.0 Å². The van der Waals surface area contributed by atoms with Gasteiger partial charge < -0.3 is 15.2 Å². The van der Waals surface area contributed by atoms with Gasteiger partial charge in [-0.15, -0.1) is 0 Å². The van der Waals surface area contributed by atoms with Gasteiger partial charge in [0.1, 0.15) is 0 Å². The Bertz CT molecular complexity index is 327. The Kier molecular flexibility index (Phi) is 7.07. The summed E-state index contributed by atoms with van der Waals surface area (Å²) in [6.07, 6.45) is 0.0859. The number of primary amides is 1. The molecular weight excluding hydrogens is 230 g/mol. The molecule has 8 heteroatoms. The fourth-order valence-electron chi connectivity index (χ4n) is 0.905. The van der Waals surface area contributed by atoms with E-state index >= 15 is 0 Å². The zero-order valence-corrected chi connectivity index (χ0v) is 9.69. The Balaban J connectivity index is 4.39. The number of hydrogen-bond acceptors (Lipinski definition) is 6. The summed E-state index contributed by atoms with van der Waals surface area (Å²) < 4.78 is 8.88. The summed E-state index contributed by atoms with van der Waals surface area (Å²) in [6.45, 7) is 0. The number of urea groups is 1. The lowest BCUT2D eigenvalue weighted by Crippen LogP contribution is -2.26. The molecule has 0 aliphatic heterocycles. The lowest BCUT2D eigenvalue weighted by Gasteiger charge is -2.04. The molecule has 0 spiro atoms. The van der Waals surface area contributed by atoms with E-state index in [-0.39, 0.29) is 25.0 Å². The number of hydrogen-bond donors (Lipinski definition) is 2. The van der Waals surface area contributed by atoms with Crippen molar-refractivity contribution in [2.24, 2.45) is 10.8 Å². The van der Waals surface area contributed by atoms with Gasteiger partial charge in [-0.25, -0.2) is 10.2 Å². The Hall–Kier alpha value is -2.12. The number of ether oxygens (including phenoxy) is 2. The van der Waals surface area contributed by atoms with Crippen molar-refractivity contribution in [2.75, 3.05) is 14.2 Å². The van der Waals surface area contributed by atoms with Gasteiger partial charge in [0.15, 0.2) is 0 Å². The molecule has 0 aromatic carbocycles. The van der Waals surface area contributed by atoms with E-state index in [1.165, 1.54) is 14.2 Å². The molecule has 0 aromatic rings. The SMILES string of the molecule is COC(=O)CCC(CC(=O)OC)=NNC(N)=O. The van der Waals surface area contributed by atoms with Crippen molar-refractivity contribution in [1.82, 2.24) is 5.43 Å². The second-order valence-corrected chi connectivity index (χ2v) is 2.98. The maximum Gasteiger partial charge on any atom is 0.332 e. The first kappa shape index (κ1) is 14.9. The van der Waals surface area contributed by atoms with Crippen LogP contribution in [0.4, 0.5) is 4.79 Å². The van der Waals surface area contributed by atoms with Crippen LogP contribution in [0.1, 0.15) is 19.3 Å². The standard InChI is InChI=1S/C9H15N3O5/c1-16-7(13)4-3-6(5-8(14)17-2)11-12-9(10)15/h3-5H2,1-2H3,(H3,10,12,15). The van der Waals surface area contributed by atoms with Crippen LogP contribution in [0, 0.1) is 0 Å². The highest BCUT2D eigenvalue weighted by Crippen LogP contribution is 2.00. The van der Waals surface area contributed by atoms with Crippen molar-refractivity contribution in [1.29, 1.82) is 0 Å². The molecule has 0 atom stereocenters. The van der Waals surface area contributed by atoms with Crippen LogP contribution in [0.25, 0.3) is 0 Å². The van der Waals surface area contributed by atoms with E-state index in [0.29, 0.717) is 0 Å². The Morgan fingerprint density at radius 2 is 1.71 bits per heavy atom. The summed E-state index contributed by atoms with van der Waals surface area (Å²) in [6, 6.07) is -0.856. The van der Waals surface area contributed by atoms with Gasteiger partial charge in [0, 0.05) is 0 Å². The van der Waals surface area contributed by atoms with Crippen molar-refractivity contribution in [3.8, 4) is 0 Å². The number of hydrazone groups is 1. The first-order chi connectivity index (χ1) is 7.99. The number of esters is 2. The molecule has 3 N–H and O–H groups in total. The summed E-state index contributed by atoms with van der Waals surface area (Å²) in [5.41, 5.74) is 7.08. The molecule has 0 radical (unpaired) electrons. The van der Waals surface area contributed by atoms with Gasteiger partial charge in [-0.1, -0.05) is 0 Å². The first-order valence-electron chi connectivity index (χ1n) is 4.74. The van der Waals surface area contributed by atoms with E-state index in [0.717, 1.165) is 0 Å². The van der Waals surface area contributed by atoms with Gasteiger partial charge >= 0.3 is 18.0 Å². The lowest BCUT2D eigenvalue weighted by molar-refractivity contribution is -0.141. The molecule has 0 aliphatic carbocycles. The van der Waals surface area contributed by atoms with Crippen LogP contribution in [0.3, 0.4) is 0 Å². The number of carbonyl (C=O) groups excluding carboxylic acids is 3. The molecule has 0 saturated heterocycles. The van der Waals surface area contributed by atoms with Gasteiger partial charge in [-0.3, -0.25) is 9.59 Å². The molecule has 0 saturated carbocycles. The second kappa shape index (κ2) is 8.08. The van der Waals surface area contributed by atoms with Crippen molar-refractivity contribution >= 4 is 23.7 Å². The van der Waals surface area contributed by atoms with E-state index in [1.54, 1.807) is 0 Å². The van der Waals surface area contributed by atoms with Gasteiger partial charge in [-0.05, 0) is 6.42 Å². The van der Waals surface area contributed by atoms with Crippen LogP contribution >= 0.6 is 0 Å². The monoisotopic (exact) mass is 245 g/mol. The molecule has 0 bridgehead atoms. The minimum Gasteiger partial charge on any atom is -0.469 e. The van der Waals surface area contributed by atoms with Crippen LogP contribution in [-0.2, 0) is 19.1 Å². The fourth-order valence-corrected chi connectivity index (χ4v) is 0.905. The van der Waals surface area contributed by atoms with Gasteiger partial charge in [0.05, 0.1) is 32.8 Å². The number of nitrogens with one attached hydrogen (secondary N) is 1. The average Bonchev–Trinajstić information content (AvgIpc) is 2.31. The largest absolute Gasteiger partial charge is 0.469 e. The van der Waals surface area contributed by atoms with Crippen LogP contribution in [0.2, 0.25) is 0 Å². The van der Waals surface area contributed by atoms with E-state index in [9.17, 15) is 14.4 Å². The Morgan fingerprint density at radius 3 is 2.18 bits per heavy atom. The minimum atomic E-state index is -0.856. The van der Waals surface area contributed by atoms with Crippen LogP contribution in [0.15, 0.2) is 5.10 Å². The molecule has 2 amide bonds. The molecule has 96 valence electrons. The Labute approximate surface area is 98.1 Å². The lowest BCUT2D eigenvalue weighted by atomic mass is 10.1. The highest BCUT2D eigenvalue weighted by molar-refractivity contribution is 6.00. The van der Waals surface area contributed by atoms with Crippen molar-refractivity contribution < 1.29 is 23.9 Å². The van der Waals surface area contributed by atoms with Gasteiger partial charge in [0.2, 0.25) is 0 Å². The molecule has 0 fully saturated rings. The Morgan fingerprint density at radius 1 is 1.12 bits per heavy atom. The highest BCUT2D eigenvalue weighted by atomic mass is 16.5. The number of carbonyl (C=O) groups is 3. The third kappa shape index (κ3) is 7.77. The molecule has 0 unspecified atom stereocenters. The molecule has 0 rings (SSSR count). The fraction of sp³-hybridized carbons (Fsp3) is 0.556. The molecule has 0 aromatic heterocycles. The number of nitrogens with zero attached hydrogens (tertiary/aromatic N) is 1. The molecule has 8 nitrogen and oxygen atoms in total. The van der Waals surface area contributed by atoms with Crippen molar-refractivity contribution in [2.45, 2.75) is 19.3 Å². The third-order valence-electron chi connectivity index (χ3n) is 1.75. The summed E-state index contributed by atoms with van der Waals surface area (Å²) in [7, 11) is 2.48. The predicted molar refractivity (Wildman–Crippen MR) is 58.0 cm³/mol. The molecule has 0 heterocycles. The predicted octanol–water partition coefficient (Wildman–Crippen LogP) is -0.473. The maximum absolute atomic E-state index is 11.0. The number of rotatable bonds is 6. The van der Waals surface area contributed by atoms with Crippen LogP contribution < -0.4 is 11.2 Å². The quantitative estimate of drug-likeness (QED) is 0.372. The second-order valence-electron chi connectivity index (χ2n) is 2.98. The van der Waals surface area contributed by atoms with Crippen LogP contribution in [0.5, 0.6) is 0 Å². The zero-order valence-electron chi connectivity index (χ0n) is 9.69. The molecular formula is C9H15N3O5. The topological polar surface area (TPSA) is 120 Å². The number of nitrogens with two attached hydrogens (primary N) is 1. The van der Waals surface area contributed by atoms with Gasteiger partial charge in [0.25, 0.3) is 0 Å². The van der Waals surface area contributed by atoms with Crippen molar-refractivity contribution in [3.63, 3.8) is 0 Å².